The summed E-state index contributed by atoms with van der Waals surface area (Å²) >= 11 is 3.50. The molecule has 3 aromatic carbocycles. The number of amides is 1. The molecular formula is C26H26BrNO2. The molecule has 4 rings (SSSR count). The Morgan fingerprint density at radius 1 is 0.867 bits per heavy atom. The number of carbonyl (C=O) groups is 1. The van der Waals surface area contributed by atoms with Crippen LogP contribution >= 0.6 is 15.9 Å². The van der Waals surface area contributed by atoms with Gasteiger partial charge in [-0.15, -0.1) is 0 Å². The van der Waals surface area contributed by atoms with Gasteiger partial charge in [-0.25, -0.2) is 0 Å². The van der Waals surface area contributed by atoms with E-state index in [2.05, 4.69) is 81.9 Å². The SMILES string of the molecule is O=C(NCC(c1ccccc1)c1ccccc1)C1(c2ccc(Br)cc2)CCOCC1. The van der Waals surface area contributed by atoms with E-state index in [1.807, 2.05) is 24.3 Å². The Labute approximate surface area is 186 Å². The maximum Gasteiger partial charge on any atom is 0.230 e. The number of benzene rings is 3. The topological polar surface area (TPSA) is 38.3 Å². The Hall–Kier alpha value is -2.43. The molecular weight excluding hydrogens is 438 g/mol. The molecule has 0 spiro atoms. The molecule has 0 radical (unpaired) electrons. The molecule has 30 heavy (non-hydrogen) atoms. The Balaban J connectivity index is 1.59. The summed E-state index contributed by atoms with van der Waals surface area (Å²) in [4.78, 5) is 13.6. The van der Waals surface area contributed by atoms with Crippen LogP contribution in [0.25, 0.3) is 0 Å². The minimum absolute atomic E-state index is 0.0879. The first-order valence-corrected chi connectivity index (χ1v) is 11.2. The van der Waals surface area contributed by atoms with Crippen LogP contribution in [-0.4, -0.2) is 25.7 Å². The van der Waals surface area contributed by atoms with Crippen molar-refractivity contribution >= 4 is 21.8 Å². The van der Waals surface area contributed by atoms with E-state index in [4.69, 9.17) is 4.74 Å². The van der Waals surface area contributed by atoms with E-state index >= 15 is 0 Å². The number of hydrogen-bond acceptors (Lipinski definition) is 2. The van der Waals surface area contributed by atoms with Crippen molar-refractivity contribution in [3.63, 3.8) is 0 Å². The van der Waals surface area contributed by atoms with Crippen LogP contribution in [0.5, 0.6) is 0 Å². The van der Waals surface area contributed by atoms with Crippen molar-refractivity contribution in [2.24, 2.45) is 0 Å². The maximum absolute atomic E-state index is 13.6. The fourth-order valence-corrected chi connectivity index (χ4v) is 4.56. The quantitative estimate of drug-likeness (QED) is 0.527. The fourth-order valence-electron chi connectivity index (χ4n) is 4.30. The highest BCUT2D eigenvalue weighted by Crippen LogP contribution is 2.36. The lowest BCUT2D eigenvalue weighted by molar-refractivity contribution is -0.130. The molecule has 154 valence electrons. The normalized spacial score (nSPS) is 15.7. The Morgan fingerprint density at radius 2 is 1.40 bits per heavy atom. The molecule has 0 saturated carbocycles. The highest BCUT2D eigenvalue weighted by atomic mass is 79.9. The van der Waals surface area contributed by atoms with Crippen LogP contribution in [0.2, 0.25) is 0 Å². The fraction of sp³-hybridized carbons (Fsp3) is 0.269. The third-order valence-corrected chi connectivity index (χ3v) is 6.58. The number of nitrogens with one attached hydrogen (secondary N) is 1. The Kier molecular flexibility index (Phi) is 6.66. The van der Waals surface area contributed by atoms with E-state index in [9.17, 15) is 4.79 Å². The van der Waals surface area contributed by atoms with Gasteiger partial charge in [-0.1, -0.05) is 88.7 Å². The van der Waals surface area contributed by atoms with E-state index in [0.717, 1.165) is 10.0 Å². The number of halogens is 1. The van der Waals surface area contributed by atoms with Crippen molar-refractivity contribution in [2.75, 3.05) is 19.8 Å². The van der Waals surface area contributed by atoms with Gasteiger partial charge in [0, 0.05) is 30.1 Å². The van der Waals surface area contributed by atoms with Crippen LogP contribution in [0.3, 0.4) is 0 Å². The van der Waals surface area contributed by atoms with Gasteiger partial charge in [0.1, 0.15) is 0 Å². The van der Waals surface area contributed by atoms with Crippen LogP contribution in [0, 0.1) is 0 Å². The molecule has 1 saturated heterocycles. The molecule has 1 N–H and O–H groups in total. The summed E-state index contributed by atoms with van der Waals surface area (Å²) in [5.41, 5.74) is 2.92. The second-order valence-electron chi connectivity index (χ2n) is 7.79. The van der Waals surface area contributed by atoms with Gasteiger partial charge in [-0.2, -0.15) is 0 Å². The van der Waals surface area contributed by atoms with E-state index in [1.54, 1.807) is 0 Å². The van der Waals surface area contributed by atoms with Crippen LogP contribution in [0.15, 0.2) is 89.4 Å². The summed E-state index contributed by atoms with van der Waals surface area (Å²) in [5.74, 6) is 0.197. The second-order valence-corrected chi connectivity index (χ2v) is 8.70. The third kappa shape index (κ3) is 4.50. The molecule has 1 amide bonds. The lowest BCUT2D eigenvalue weighted by atomic mass is 9.73. The number of rotatable bonds is 6. The molecule has 0 atom stereocenters. The highest BCUT2D eigenvalue weighted by molar-refractivity contribution is 9.10. The number of carbonyl (C=O) groups excluding carboxylic acids is 1. The minimum atomic E-state index is -0.545. The summed E-state index contributed by atoms with van der Waals surface area (Å²) in [5, 5.41) is 3.30. The van der Waals surface area contributed by atoms with Crippen molar-refractivity contribution in [3.8, 4) is 0 Å². The lowest BCUT2D eigenvalue weighted by Gasteiger charge is -2.36. The number of hydrogen-bond donors (Lipinski definition) is 1. The van der Waals surface area contributed by atoms with E-state index in [-0.39, 0.29) is 11.8 Å². The maximum atomic E-state index is 13.6. The van der Waals surface area contributed by atoms with Gasteiger partial charge in [0.15, 0.2) is 0 Å². The smallest absolute Gasteiger partial charge is 0.230 e. The second kappa shape index (κ2) is 9.59. The first-order chi connectivity index (χ1) is 14.7. The summed E-state index contributed by atoms with van der Waals surface area (Å²) in [6.45, 7) is 1.76. The van der Waals surface area contributed by atoms with Crippen LogP contribution < -0.4 is 5.32 Å². The van der Waals surface area contributed by atoms with Crippen LogP contribution in [0.1, 0.15) is 35.4 Å². The molecule has 0 aromatic heterocycles. The molecule has 0 unspecified atom stereocenters. The van der Waals surface area contributed by atoms with Gasteiger partial charge in [0.05, 0.1) is 5.41 Å². The zero-order valence-corrected chi connectivity index (χ0v) is 18.5. The summed E-state index contributed by atoms with van der Waals surface area (Å²) in [6, 6.07) is 28.9. The summed E-state index contributed by atoms with van der Waals surface area (Å²) in [7, 11) is 0. The molecule has 3 aromatic rings. The molecule has 4 heteroatoms. The molecule has 1 aliphatic heterocycles. The monoisotopic (exact) mass is 463 g/mol. The van der Waals surface area contributed by atoms with Crippen molar-refractivity contribution in [2.45, 2.75) is 24.2 Å². The van der Waals surface area contributed by atoms with Gasteiger partial charge in [0.2, 0.25) is 5.91 Å². The predicted molar refractivity (Wildman–Crippen MR) is 124 cm³/mol. The average Bonchev–Trinajstić information content (AvgIpc) is 2.81. The molecule has 1 fully saturated rings. The van der Waals surface area contributed by atoms with Gasteiger partial charge >= 0.3 is 0 Å². The average molecular weight is 464 g/mol. The zero-order chi connectivity index (χ0) is 20.8. The summed E-state index contributed by atoms with van der Waals surface area (Å²) in [6.07, 6.45) is 1.39. The van der Waals surface area contributed by atoms with Gasteiger partial charge in [-0.3, -0.25) is 4.79 Å². The van der Waals surface area contributed by atoms with Crippen molar-refractivity contribution in [1.29, 1.82) is 0 Å². The van der Waals surface area contributed by atoms with Crippen molar-refractivity contribution in [3.05, 3.63) is 106 Å². The summed E-state index contributed by atoms with van der Waals surface area (Å²) < 4.78 is 6.61. The van der Waals surface area contributed by atoms with Crippen molar-refractivity contribution < 1.29 is 9.53 Å². The molecule has 0 bridgehead atoms. The van der Waals surface area contributed by atoms with Crippen molar-refractivity contribution in [1.82, 2.24) is 5.32 Å². The molecule has 1 heterocycles. The van der Waals surface area contributed by atoms with Gasteiger partial charge in [0.25, 0.3) is 0 Å². The first kappa shape index (κ1) is 20.8. The first-order valence-electron chi connectivity index (χ1n) is 10.4. The Bertz CT molecular complexity index is 912. The van der Waals surface area contributed by atoms with E-state index < -0.39 is 5.41 Å². The van der Waals surface area contributed by atoms with Crippen LogP contribution in [-0.2, 0) is 14.9 Å². The zero-order valence-electron chi connectivity index (χ0n) is 16.9. The standard InChI is InChI=1S/C26H26BrNO2/c27-23-13-11-22(12-14-23)26(15-17-30-18-16-26)25(29)28-19-24(20-7-3-1-4-8-20)21-9-5-2-6-10-21/h1-14,24H,15-19H2,(H,28,29). The Morgan fingerprint density at radius 3 is 1.93 bits per heavy atom. The molecule has 1 aliphatic rings. The third-order valence-electron chi connectivity index (χ3n) is 6.05. The van der Waals surface area contributed by atoms with E-state index in [1.165, 1.54) is 11.1 Å². The number of ether oxygens (including phenoxy) is 1. The molecule has 0 aliphatic carbocycles. The van der Waals surface area contributed by atoms with E-state index in [0.29, 0.717) is 32.6 Å². The molecule has 3 nitrogen and oxygen atoms in total. The highest BCUT2D eigenvalue weighted by Gasteiger charge is 2.41. The minimum Gasteiger partial charge on any atom is -0.381 e. The van der Waals surface area contributed by atoms with Crippen LogP contribution in [0.4, 0.5) is 0 Å². The largest absolute Gasteiger partial charge is 0.381 e. The lowest BCUT2D eigenvalue weighted by Crippen LogP contribution is -2.49. The van der Waals surface area contributed by atoms with Gasteiger partial charge in [-0.05, 0) is 41.7 Å². The predicted octanol–water partition coefficient (Wildman–Crippen LogP) is 5.45. The van der Waals surface area contributed by atoms with Gasteiger partial charge < -0.3 is 10.1 Å².